The van der Waals surface area contributed by atoms with Crippen molar-refractivity contribution >= 4 is 11.6 Å². The van der Waals surface area contributed by atoms with E-state index in [1.165, 1.54) is 5.56 Å². The molecule has 78 valence electrons. The van der Waals surface area contributed by atoms with Crippen molar-refractivity contribution in [1.82, 2.24) is 0 Å². The van der Waals surface area contributed by atoms with Crippen LogP contribution in [0.2, 0.25) is 0 Å². The van der Waals surface area contributed by atoms with Gasteiger partial charge in [0.2, 0.25) is 0 Å². The maximum Gasteiger partial charge on any atom is 0.141 e. The summed E-state index contributed by atoms with van der Waals surface area (Å²) < 4.78 is 0. The Hall–Kier alpha value is -1.44. The molecule has 0 aliphatic heterocycles. The van der Waals surface area contributed by atoms with E-state index in [1.807, 2.05) is 31.2 Å². The van der Waals surface area contributed by atoms with E-state index in [9.17, 15) is 9.59 Å². The van der Waals surface area contributed by atoms with Gasteiger partial charge in [0.25, 0.3) is 0 Å². The summed E-state index contributed by atoms with van der Waals surface area (Å²) in [5, 5.41) is 0. The highest BCUT2D eigenvalue weighted by Crippen LogP contribution is 2.28. The maximum atomic E-state index is 11.7. The quantitative estimate of drug-likeness (QED) is 0.700. The highest BCUT2D eigenvalue weighted by molar-refractivity contribution is 5.97. The molecule has 1 aromatic rings. The molecule has 1 aliphatic carbocycles. The van der Waals surface area contributed by atoms with Gasteiger partial charge in [0.1, 0.15) is 11.6 Å². The highest BCUT2D eigenvalue weighted by atomic mass is 16.1. The summed E-state index contributed by atoms with van der Waals surface area (Å²) in [6.45, 7) is 2.01. The van der Waals surface area contributed by atoms with Gasteiger partial charge in [0.15, 0.2) is 0 Å². The fraction of sp³-hybridized carbons (Fsp3) is 0.385. The van der Waals surface area contributed by atoms with Crippen molar-refractivity contribution in [3.63, 3.8) is 0 Å². The molecule has 1 aromatic carbocycles. The van der Waals surface area contributed by atoms with Crippen molar-refractivity contribution < 1.29 is 9.59 Å². The van der Waals surface area contributed by atoms with Crippen molar-refractivity contribution in [2.24, 2.45) is 0 Å². The van der Waals surface area contributed by atoms with Gasteiger partial charge in [0, 0.05) is 25.2 Å². The molecule has 2 nitrogen and oxygen atoms in total. The fourth-order valence-corrected chi connectivity index (χ4v) is 1.98. The molecule has 1 aliphatic rings. The SMILES string of the molecule is Cc1ccc(C2CC(=O)CCC2=O)cc1. The second-order valence-corrected chi connectivity index (χ2v) is 4.17. The lowest BCUT2D eigenvalue weighted by Crippen LogP contribution is -2.23. The zero-order valence-corrected chi connectivity index (χ0v) is 8.82. The lowest BCUT2D eigenvalue weighted by Gasteiger charge is -2.19. The van der Waals surface area contributed by atoms with E-state index in [2.05, 4.69) is 0 Å². The van der Waals surface area contributed by atoms with Crippen LogP contribution in [0.3, 0.4) is 0 Å². The molecule has 0 bridgehead atoms. The largest absolute Gasteiger partial charge is 0.300 e. The summed E-state index contributed by atoms with van der Waals surface area (Å²) in [6, 6.07) is 7.89. The molecule has 0 amide bonds. The van der Waals surface area contributed by atoms with Crippen LogP contribution in [-0.4, -0.2) is 11.6 Å². The van der Waals surface area contributed by atoms with Crippen LogP contribution in [0.25, 0.3) is 0 Å². The fourth-order valence-electron chi connectivity index (χ4n) is 1.98. The molecule has 1 saturated carbocycles. The number of carbonyl (C=O) groups excluding carboxylic acids is 2. The van der Waals surface area contributed by atoms with Crippen LogP contribution < -0.4 is 0 Å². The topological polar surface area (TPSA) is 34.1 Å². The van der Waals surface area contributed by atoms with E-state index in [1.54, 1.807) is 0 Å². The zero-order valence-electron chi connectivity index (χ0n) is 8.82. The minimum atomic E-state index is -0.188. The molecule has 2 heteroatoms. The van der Waals surface area contributed by atoms with Crippen molar-refractivity contribution in [1.29, 1.82) is 0 Å². The molecule has 1 unspecified atom stereocenters. The Labute approximate surface area is 89.3 Å². The molecule has 15 heavy (non-hydrogen) atoms. The third-order valence-corrected chi connectivity index (χ3v) is 2.95. The van der Waals surface area contributed by atoms with Gasteiger partial charge in [-0.3, -0.25) is 9.59 Å². The third kappa shape index (κ3) is 2.14. The van der Waals surface area contributed by atoms with Gasteiger partial charge in [-0.1, -0.05) is 29.8 Å². The average Bonchev–Trinajstić information content (AvgIpc) is 2.23. The van der Waals surface area contributed by atoms with Gasteiger partial charge in [-0.05, 0) is 12.5 Å². The first-order chi connectivity index (χ1) is 7.16. The first-order valence-corrected chi connectivity index (χ1v) is 5.28. The van der Waals surface area contributed by atoms with Gasteiger partial charge in [-0.25, -0.2) is 0 Å². The third-order valence-electron chi connectivity index (χ3n) is 2.95. The van der Waals surface area contributed by atoms with Crippen LogP contribution in [0.15, 0.2) is 24.3 Å². The maximum absolute atomic E-state index is 11.7. The zero-order chi connectivity index (χ0) is 10.8. The van der Waals surface area contributed by atoms with E-state index in [0.29, 0.717) is 19.3 Å². The number of carbonyl (C=O) groups is 2. The Morgan fingerprint density at radius 3 is 2.40 bits per heavy atom. The predicted molar refractivity (Wildman–Crippen MR) is 57.8 cm³/mol. The second-order valence-electron chi connectivity index (χ2n) is 4.17. The highest BCUT2D eigenvalue weighted by Gasteiger charge is 2.28. The Morgan fingerprint density at radius 1 is 1.07 bits per heavy atom. The summed E-state index contributed by atoms with van der Waals surface area (Å²) in [5.74, 6) is 0.227. The summed E-state index contributed by atoms with van der Waals surface area (Å²) in [4.78, 5) is 23.0. The smallest absolute Gasteiger partial charge is 0.141 e. The number of hydrogen-bond acceptors (Lipinski definition) is 2. The van der Waals surface area contributed by atoms with E-state index in [-0.39, 0.29) is 17.5 Å². The van der Waals surface area contributed by atoms with Crippen LogP contribution in [0.5, 0.6) is 0 Å². The molecule has 2 rings (SSSR count). The first kappa shape index (κ1) is 10.1. The van der Waals surface area contributed by atoms with E-state index in [4.69, 9.17) is 0 Å². The van der Waals surface area contributed by atoms with Crippen LogP contribution >= 0.6 is 0 Å². The Balaban J connectivity index is 2.25. The normalized spacial score (nSPS) is 21.8. The van der Waals surface area contributed by atoms with Crippen LogP contribution in [-0.2, 0) is 9.59 Å². The van der Waals surface area contributed by atoms with Gasteiger partial charge in [0.05, 0.1) is 0 Å². The number of rotatable bonds is 1. The molecule has 0 saturated heterocycles. The monoisotopic (exact) mass is 202 g/mol. The summed E-state index contributed by atoms with van der Waals surface area (Å²) in [5.41, 5.74) is 2.16. The molecule has 1 fully saturated rings. The number of hydrogen-bond donors (Lipinski definition) is 0. The van der Waals surface area contributed by atoms with Gasteiger partial charge < -0.3 is 0 Å². The van der Waals surface area contributed by atoms with Gasteiger partial charge in [-0.15, -0.1) is 0 Å². The Bertz CT molecular complexity index is 390. The van der Waals surface area contributed by atoms with Crippen LogP contribution in [0.4, 0.5) is 0 Å². The minimum Gasteiger partial charge on any atom is -0.300 e. The van der Waals surface area contributed by atoms with E-state index < -0.39 is 0 Å². The van der Waals surface area contributed by atoms with Crippen LogP contribution in [0.1, 0.15) is 36.3 Å². The number of aryl methyl sites for hydroxylation is 1. The van der Waals surface area contributed by atoms with E-state index >= 15 is 0 Å². The van der Waals surface area contributed by atoms with Gasteiger partial charge in [-0.2, -0.15) is 0 Å². The summed E-state index contributed by atoms with van der Waals surface area (Å²) in [7, 11) is 0. The Morgan fingerprint density at radius 2 is 1.73 bits per heavy atom. The van der Waals surface area contributed by atoms with Crippen molar-refractivity contribution in [2.45, 2.75) is 32.1 Å². The Kier molecular flexibility index (Phi) is 2.67. The number of Topliss-reactive ketones (excluding diaryl/α,β-unsaturated/α-hetero) is 2. The molecule has 0 radical (unpaired) electrons. The lowest BCUT2D eigenvalue weighted by molar-refractivity contribution is -0.130. The molecule has 0 spiro atoms. The lowest BCUT2D eigenvalue weighted by atomic mass is 9.82. The van der Waals surface area contributed by atoms with Crippen LogP contribution in [0, 0.1) is 6.92 Å². The molecular weight excluding hydrogens is 188 g/mol. The van der Waals surface area contributed by atoms with Crippen molar-refractivity contribution in [3.05, 3.63) is 35.4 Å². The standard InChI is InChI=1S/C13H14O2/c1-9-2-4-10(5-3-9)12-8-11(14)6-7-13(12)15/h2-5,12H,6-8H2,1H3. The predicted octanol–water partition coefficient (Wildman–Crippen LogP) is 2.40. The number of benzene rings is 1. The van der Waals surface area contributed by atoms with Crippen molar-refractivity contribution in [3.8, 4) is 0 Å². The molecule has 1 atom stereocenters. The van der Waals surface area contributed by atoms with Crippen molar-refractivity contribution in [2.75, 3.05) is 0 Å². The molecule has 0 aromatic heterocycles. The number of ketones is 2. The van der Waals surface area contributed by atoms with E-state index in [0.717, 1.165) is 5.56 Å². The van der Waals surface area contributed by atoms with Gasteiger partial charge >= 0.3 is 0 Å². The summed E-state index contributed by atoms with van der Waals surface area (Å²) >= 11 is 0. The minimum absolute atomic E-state index is 0.188. The molecule has 0 heterocycles. The molecular formula is C13H14O2. The first-order valence-electron chi connectivity index (χ1n) is 5.28. The summed E-state index contributed by atoms with van der Waals surface area (Å²) in [6.07, 6.45) is 1.24. The molecule has 0 N–H and O–H groups in total. The average molecular weight is 202 g/mol. The second kappa shape index (κ2) is 3.97.